The number of aromatic nitrogens is 1. The molecule has 3 nitrogen and oxygen atoms in total. The van der Waals surface area contributed by atoms with Crippen molar-refractivity contribution in [3.63, 3.8) is 0 Å². The van der Waals surface area contributed by atoms with Gasteiger partial charge in [0.1, 0.15) is 5.82 Å². The standard InChI is InChI=1S/C13H23N3S/c1-11(8-9-17-4)16(3)13-7-5-6-12(15-13)10-14-2/h5-7,11,14H,8-10H2,1-4H3. The average Bonchev–Trinajstić information content (AvgIpc) is 2.35. The molecule has 1 rings (SSSR count). The Labute approximate surface area is 109 Å². The lowest BCUT2D eigenvalue weighted by Crippen LogP contribution is -2.30. The number of rotatable bonds is 7. The summed E-state index contributed by atoms with van der Waals surface area (Å²) in [5.41, 5.74) is 1.09. The number of anilines is 1. The zero-order chi connectivity index (χ0) is 12.7. The third kappa shape index (κ3) is 4.56. The van der Waals surface area contributed by atoms with Gasteiger partial charge in [-0.15, -0.1) is 0 Å². The predicted octanol–water partition coefficient (Wildman–Crippen LogP) is 2.38. The van der Waals surface area contributed by atoms with Gasteiger partial charge in [0.15, 0.2) is 0 Å². The lowest BCUT2D eigenvalue weighted by molar-refractivity contribution is 0.659. The van der Waals surface area contributed by atoms with E-state index in [2.05, 4.69) is 53.6 Å². The van der Waals surface area contributed by atoms with E-state index in [1.807, 2.05) is 18.8 Å². The van der Waals surface area contributed by atoms with Crippen LogP contribution >= 0.6 is 11.8 Å². The number of thioether (sulfide) groups is 1. The molecule has 1 aromatic rings. The van der Waals surface area contributed by atoms with Crippen molar-refractivity contribution in [3.05, 3.63) is 23.9 Å². The molecule has 0 saturated heterocycles. The lowest BCUT2D eigenvalue weighted by Gasteiger charge is -2.26. The summed E-state index contributed by atoms with van der Waals surface area (Å²) in [6.45, 7) is 3.07. The normalized spacial score (nSPS) is 12.5. The van der Waals surface area contributed by atoms with E-state index in [0.717, 1.165) is 18.1 Å². The molecule has 1 aromatic heterocycles. The third-order valence-electron chi connectivity index (χ3n) is 2.91. The summed E-state index contributed by atoms with van der Waals surface area (Å²) in [5.74, 6) is 2.26. The van der Waals surface area contributed by atoms with Crippen LogP contribution in [0.25, 0.3) is 0 Å². The molecule has 0 aromatic carbocycles. The zero-order valence-corrected chi connectivity index (χ0v) is 12.0. The monoisotopic (exact) mass is 253 g/mol. The van der Waals surface area contributed by atoms with Crippen molar-refractivity contribution in [2.24, 2.45) is 0 Å². The minimum Gasteiger partial charge on any atom is -0.357 e. The molecule has 1 unspecified atom stereocenters. The SMILES string of the molecule is CNCc1cccc(N(C)C(C)CCSC)n1. The van der Waals surface area contributed by atoms with Gasteiger partial charge in [0.25, 0.3) is 0 Å². The van der Waals surface area contributed by atoms with Gasteiger partial charge in [0.05, 0.1) is 5.69 Å². The first-order chi connectivity index (χ1) is 8.19. The molecular formula is C13H23N3S. The maximum absolute atomic E-state index is 4.65. The highest BCUT2D eigenvalue weighted by Crippen LogP contribution is 2.15. The smallest absolute Gasteiger partial charge is 0.128 e. The van der Waals surface area contributed by atoms with E-state index in [-0.39, 0.29) is 0 Å². The molecule has 1 heterocycles. The van der Waals surface area contributed by atoms with E-state index >= 15 is 0 Å². The van der Waals surface area contributed by atoms with Gasteiger partial charge in [0, 0.05) is 19.6 Å². The number of nitrogens with zero attached hydrogens (tertiary/aromatic N) is 2. The predicted molar refractivity (Wildman–Crippen MR) is 77.9 cm³/mol. The zero-order valence-electron chi connectivity index (χ0n) is 11.2. The highest BCUT2D eigenvalue weighted by Gasteiger charge is 2.10. The molecule has 0 amide bonds. The summed E-state index contributed by atoms with van der Waals surface area (Å²) < 4.78 is 0. The van der Waals surface area contributed by atoms with Crippen LogP contribution in [0.15, 0.2) is 18.2 Å². The van der Waals surface area contributed by atoms with Crippen LogP contribution in [0.2, 0.25) is 0 Å². The molecule has 4 heteroatoms. The molecule has 1 N–H and O–H groups in total. The van der Waals surface area contributed by atoms with E-state index in [1.165, 1.54) is 12.2 Å². The van der Waals surface area contributed by atoms with Crippen LogP contribution in [0.3, 0.4) is 0 Å². The summed E-state index contributed by atoms with van der Waals surface area (Å²) in [4.78, 5) is 6.91. The van der Waals surface area contributed by atoms with Gasteiger partial charge in [-0.05, 0) is 44.5 Å². The molecule has 0 saturated carbocycles. The first-order valence-electron chi connectivity index (χ1n) is 6.01. The Morgan fingerprint density at radius 1 is 1.47 bits per heavy atom. The van der Waals surface area contributed by atoms with Crippen molar-refractivity contribution in [1.82, 2.24) is 10.3 Å². The van der Waals surface area contributed by atoms with Crippen molar-refractivity contribution in [1.29, 1.82) is 0 Å². The fourth-order valence-electron chi connectivity index (χ4n) is 1.65. The van der Waals surface area contributed by atoms with Gasteiger partial charge in [-0.25, -0.2) is 4.98 Å². The van der Waals surface area contributed by atoms with Crippen LogP contribution < -0.4 is 10.2 Å². The molecule has 0 aliphatic heterocycles. The minimum atomic E-state index is 0.528. The van der Waals surface area contributed by atoms with Gasteiger partial charge in [-0.1, -0.05) is 6.07 Å². The first kappa shape index (κ1) is 14.3. The first-order valence-corrected chi connectivity index (χ1v) is 7.40. The second-order valence-corrected chi connectivity index (χ2v) is 5.24. The van der Waals surface area contributed by atoms with Crippen LogP contribution in [0.4, 0.5) is 5.82 Å². The maximum atomic E-state index is 4.65. The quantitative estimate of drug-likeness (QED) is 0.807. The Kier molecular flexibility index (Phi) is 6.37. The van der Waals surface area contributed by atoms with E-state index in [1.54, 1.807) is 0 Å². The molecule has 96 valence electrons. The maximum Gasteiger partial charge on any atom is 0.128 e. The molecule has 17 heavy (non-hydrogen) atoms. The third-order valence-corrected chi connectivity index (χ3v) is 3.56. The van der Waals surface area contributed by atoms with E-state index in [4.69, 9.17) is 0 Å². The highest BCUT2D eigenvalue weighted by atomic mass is 32.2. The Hall–Kier alpha value is -0.740. The molecule has 0 aliphatic carbocycles. The highest BCUT2D eigenvalue weighted by molar-refractivity contribution is 7.98. The number of nitrogens with one attached hydrogen (secondary N) is 1. The largest absolute Gasteiger partial charge is 0.357 e. The summed E-state index contributed by atoms with van der Waals surface area (Å²) >= 11 is 1.90. The van der Waals surface area contributed by atoms with Crippen LogP contribution in [0, 0.1) is 0 Å². The molecule has 0 spiro atoms. The van der Waals surface area contributed by atoms with E-state index < -0.39 is 0 Å². The van der Waals surface area contributed by atoms with Gasteiger partial charge in [0.2, 0.25) is 0 Å². The molecule has 0 fully saturated rings. The summed E-state index contributed by atoms with van der Waals surface area (Å²) in [7, 11) is 4.07. The second kappa shape index (κ2) is 7.56. The lowest BCUT2D eigenvalue weighted by atomic mass is 10.2. The van der Waals surface area contributed by atoms with Crippen molar-refractivity contribution < 1.29 is 0 Å². The Morgan fingerprint density at radius 3 is 2.88 bits per heavy atom. The van der Waals surface area contributed by atoms with Gasteiger partial charge >= 0.3 is 0 Å². The van der Waals surface area contributed by atoms with E-state index in [9.17, 15) is 0 Å². The van der Waals surface area contributed by atoms with Gasteiger partial charge < -0.3 is 10.2 Å². The second-order valence-electron chi connectivity index (χ2n) is 4.26. The van der Waals surface area contributed by atoms with Gasteiger partial charge in [-0.2, -0.15) is 11.8 Å². The molecule has 0 radical (unpaired) electrons. The Balaban J connectivity index is 2.66. The summed E-state index contributed by atoms with van der Waals surface area (Å²) in [6, 6.07) is 6.74. The van der Waals surface area contributed by atoms with Crippen LogP contribution in [0.5, 0.6) is 0 Å². The Bertz CT molecular complexity index is 330. The minimum absolute atomic E-state index is 0.528. The van der Waals surface area contributed by atoms with Gasteiger partial charge in [-0.3, -0.25) is 0 Å². The fourth-order valence-corrected chi connectivity index (χ4v) is 2.23. The van der Waals surface area contributed by atoms with Crippen LogP contribution in [0.1, 0.15) is 19.0 Å². The fraction of sp³-hybridized carbons (Fsp3) is 0.615. The molecule has 0 aliphatic rings. The average molecular weight is 253 g/mol. The molecule has 1 atom stereocenters. The van der Waals surface area contributed by atoms with Crippen molar-refractivity contribution in [2.75, 3.05) is 31.0 Å². The summed E-state index contributed by atoms with van der Waals surface area (Å²) in [5, 5.41) is 3.13. The number of hydrogen-bond donors (Lipinski definition) is 1. The topological polar surface area (TPSA) is 28.2 Å². The molecular weight excluding hydrogens is 230 g/mol. The van der Waals surface area contributed by atoms with Crippen LogP contribution in [-0.2, 0) is 6.54 Å². The number of hydrogen-bond acceptors (Lipinski definition) is 4. The molecule has 0 bridgehead atoms. The number of pyridine rings is 1. The summed E-state index contributed by atoms with van der Waals surface area (Å²) in [6.07, 6.45) is 3.34. The van der Waals surface area contributed by atoms with Crippen molar-refractivity contribution in [2.45, 2.75) is 25.9 Å². The Morgan fingerprint density at radius 2 is 2.24 bits per heavy atom. The van der Waals surface area contributed by atoms with E-state index in [0.29, 0.717) is 6.04 Å². The van der Waals surface area contributed by atoms with Crippen LogP contribution in [-0.4, -0.2) is 37.1 Å². The van der Waals surface area contributed by atoms with Crippen molar-refractivity contribution >= 4 is 17.6 Å². The van der Waals surface area contributed by atoms with Crippen molar-refractivity contribution in [3.8, 4) is 0 Å².